The predicted molar refractivity (Wildman–Crippen MR) is 113 cm³/mol. The molecule has 2 atom stereocenters. The van der Waals surface area contributed by atoms with E-state index in [9.17, 15) is 28.8 Å². The molecule has 0 saturated carbocycles. The third-order valence-corrected chi connectivity index (χ3v) is 5.69. The summed E-state index contributed by atoms with van der Waals surface area (Å²) in [6.45, 7) is 3.26. The van der Waals surface area contributed by atoms with Crippen LogP contribution in [0.15, 0.2) is 0 Å². The third-order valence-electron chi connectivity index (χ3n) is 3.64. The predicted octanol–water partition coefficient (Wildman–Crippen LogP) is 0.422. The van der Waals surface area contributed by atoms with Crippen LogP contribution in [0.2, 0.25) is 0 Å². The number of thioether (sulfide) groups is 2. The quantitative estimate of drug-likeness (QED) is 0.368. The van der Waals surface area contributed by atoms with Crippen molar-refractivity contribution in [1.29, 1.82) is 0 Å². The van der Waals surface area contributed by atoms with Crippen molar-refractivity contribution in [2.45, 2.75) is 51.6 Å². The van der Waals surface area contributed by atoms with Crippen molar-refractivity contribution < 1.29 is 38.2 Å². The normalized spacial score (nSPS) is 12.3. The minimum Gasteiger partial charge on any atom is -0.467 e. The Hall–Kier alpha value is -2.08. The molecule has 0 aliphatic heterocycles. The molecule has 2 amide bonds. The second-order valence-corrected chi connectivity index (χ2v) is 8.01. The van der Waals surface area contributed by atoms with E-state index in [1.807, 2.05) is 0 Å². The fraction of sp³-hybridized carbons (Fsp3) is 0.667. The van der Waals surface area contributed by atoms with Gasteiger partial charge in [-0.3, -0.25) is 19.2 Å². The number of rotatable bonds is 13. The van der Waals surface area contributed by atoms with Gasteiger partial charge in [-0.1, -0.05) is 37.4 Å². The van der Waals surface area contributed by atoms with Gasteiger partial charge in [0.15, 0.2) is 10.2 Å². The summed E-state index contributed by atoms with van der Waals surface area (Å²) >= 11 is 1.64. The zero-order chi connectivity index (χ0) is 23.1. The maximum atomic E-state index is 12.0. The van der Waals surface area contributed by atoms with E-state index < -0.39 is 24.0 Å². The van der Waals surface area contributed by atoms with E-state index in [4.69, 9.17) is 0 Å². The van der Waals surface area contributed by atoms with Crippen molar-refractivity contribution in [3.8, 4) is 0 Å². The lowest BCUT2D eigenvalue weighted by molar-refractivity contribution is -0.144. The number of amides is 2. The van der Waals surface area contributed by atoms with E-state index in [0.717, 1.165) is 23.5 Å². The molecule has 2 N–H and O–H groups in total. The van der Waals surface area contributed by atoms with Gasteiger partial charge in [0, 0.05) is 37.2 Å². The summed E-state index contributed by atoms with van der Waals surface area (Å²) in [7, 11) is 2.36. The van der Waals surface area contributed by atoms with Crippen LogP contribution in [-0.2, 0) is 38.2 Å². The highest BCUT2D eigenvalue weighted by Gasteiger charge is 2.24. The molecule has 30 heavy (non-hydrogen) atoms. The van der Waals surface area contributed by atoms with Gasteiger partial charge in [-0.15, -0.1) is 0 Å². The number of carbonyl (C=O) groups is 6. The summed E-state index contributed by atoms with van der Waals surface area (Å²) < 4.78 is 9.21. The van der Waals surface area contributed by atoms with Crippen LogP contribution < -0.4 is 10.6 Å². The van der Waals surface area contributed by atoms with Crippen LogP contribution in [0.5, 0.6) is 0 Å². The van der Waals surface area contributed by atoms with E-state index in [0.29, 0.717) is 0 Å². The molecule has 0 aromatic carbocycles. The number of hydrogen-bond acceptors (Lipinski definition) is 10. The van der Waals surface area contributed by atoms with Crippen LogP contribution >= 0.6 is 23.5 Å². The van der Waals surface area contributed by atoms with Crippen LogP contribution in [0.4, 0.5) is 0 Å². The summed E-state index contributed by atoms with van der Waals surface area (Å²) in [5.41, 5.74) is 0. The molecule has 0 aliphatic rings. The topological polar surface area (TPSA) is 145 Å². The first-order valence-corrected chi connectivity index (χ1v) is 11.2. The summed E-state index contributed by atoms with van der Waals surface area (Å²) in [6.07, 6.45) is 0.221. The Morgan fingerprint density at radius 1 is 0.700 bits per heavy atom. The van der Waals surface area contributed by atoms with Crippen molar-refractivity contribution >= 4 is 57.5 Å². The summed E-state index contributed by atoms with van der Waals surface area (Å²) in [5, 5.41) is 4.29. The minimum atomic E-state index is -0.954. The number of carbonyl (C=O) groups excluding carboxylic acids is 6. The van der Waals surface area contributed by atoms with Gasteiger partial charge >= 0.3 is 11.9 Å². The average molecular weight is 465 g/mol. The number of hydrogen-bond donors (Lipinski definition) is 2. The van der Waals surface area contributed by atoms with Gasteiger partial charge in [-0.25, -0.2) is 9.59 Å². The van der Waals surface area contributed by atoms with Gasteiger partial charge in [-0.2, -0.15) is 0 Å². The first-order chi connectivity index (χ1) is 14.2. The number of methoxy groups -OCH3 is 2. The van der Waals surface area contributed by atoms with Crippen LogP contribution in [0.1, 0.15) is 39.5 Å². The summed E-state index contributed by atoms with van der Waals surface area (Å²) in [5.74, 6) is -2.03. The van der Waals surface area contributed by atoms with E-state index in [1.54, 1.807) is 13.8 Å². The minimum absolute atomic E-state index is 0.00789. The molecule has 10 nitrogen and oxygen atoms in total. The zero-order valence-corrected chi connectivity index (χ0v) is 19.1. The lowest BCUT2D eigenvalue weighted by Crippen LogP contribution is -2.43. The molecule has 0 aromatic heterocycles. The first-order valence-electron chi connectivity index (χ1n) is 9.23. The monoisotopic (exact) mass is 464 g/mol. The van der Waals surface area contributed by atoms with Crippen molar-refractivity contribution in [2.24, 2.45) is 0 Å². The van der Waals surface area contributed by atoms with Crippen LogP contribution in [0.25, 0.3) is 0 Å². The van der Waals surface area contributed by atoms with Gasteiger partial charge in [-0.05, 0) is 0 Å². The van der Waals surface area contributed by atoms with E-state index in [-0.39, 0.29) is 59.2 Å². The molecule has 0 heterocycles. The fourth-order valence-electron chi connectivity index (χ4n) is 1.92. The maximum absolute atomic E-state index is 12.0. The lowest BCUT2D eigenvalue weighted by atomic mass is 10.3. The highest BCUT2D eigenvalue weighted by atomic mass is 32.2. The Morgan fingerprint density at radius 3 is 1.30 bits per heavy atom. The SMILES string of the molecule is CCC(=O)N[C@@H](CSC(=O)CCC(=O)SC[C@H](NC(=O)CC)C(=O)OC)C(=O)OC. The fourth-order valence-corrected chi connectivity index (χ4v) is 3.55. The highest BCUT2D eigenvalue weighted by molar-refractivity contribution is 8.14. The highest BCUT2D eigenvalue weighted by Crippen LogP contribution is 2.15. The smallest absolute Gasteiger partial charge is 0.329 e. The Labute approximate surface area is 183 Å². The molecule has 0 saturated heterocycles. The molecular weight excluding hydrogens is 436 g/mol. The number of ether oxygens (including phenoxy) is 2. The van der Waals surface area contributed by atoms with Crippen molar-refractivity contribution in [1.82, 2.24) is 10.6 Å². The van der Waals surface area contributed by atoms with Gasteiger partial charge < -0.3 is 20.1 Å². The van der Waals surface area contributed by atoms with Crippen molar-refractivity contribution in [3.05, 3.63) is 0 Å². The molecule has 0 unspecified atom stereocenters. The Morgan fingerprint density at radius 2 is 1.03 bits per heavy atom. The molecule has 12 heteroatoms. The standard InChI is InChI=1S/C18H28N2O8S2/c1-5-13(21)19-11(17(25)27-3)9-29-15(23)7-8-16(24)30-10-12(18(26)28-4)20-14(22)6-2/h11-12H,5-10H2,1-4H3,(H,19,21)(H,20,22)/t11-,12-/m0/s1. The number of esters is 2. The average Bonchev–Trinajstić information content (AvgIpc) is 2.75. The Balaban J connectivity index is 4.46. The molecule has 170 valence electrons. The van der Waals surface area contributed by atoms with E-state index in [2.05, 4.69) is 20.1 Å². The van der Waals surface area contributed by atoms with Crippen LogP contribution in [0.3, 0.4) is 0 Å². The van der Waals surface area contributed by atoms with Gasteiger partial charge in [0.1, 0.15) is 12.1 Å². The number of nitrogens with one attached hydrogen (secondary N) is 2. The third kappa shape index (κ3) is 11.8. The van der Waals surface area contributed by atoms with Crippen molar-refractivity contribution in [2.75, 3.05) is 25.7 Å². The molecule has 0 rings (SSSR count). The molecule has 0 fully saturated rings. The van der Waals surface area contributed by atoms with Crippen molar-refractivity contribution in [3.63, 3.8) is 0 Å². The summed E-state index contributed by atoms with van der Waals surface area (Å²) in [6, 6.07) is -1.91. The second-order valence-electron chi connectivity index (χ2n) is 5.86. The summed E-state index contributed by atoms with van der Waals surface area (Å²) in [4.78, 5) is 70.3. The molecule has 0 radical (unpaired) electrons. The lowest BCUT2D eigenvalue weighted by Gasteiger charge is -2.15. The first kappa shape index (κ1) is 27.9. The van der Waals surface area contributed by atoms with Crippen LogP contribution in [0, 0.1) is 0 Å². The van der Waals surface area contributed by atoms with Gasteiger partial charge in [0.25, 0.3) is 0 Å². The molecule has 0 aliphatic carbocycles. The van der Waals surface area contributed by atoms with Crippen LogP contribution in [-0.4, -0.2) is 71.8 Å². The van der Waals surface area contributed by atoms with Gasteiger partial charge in [0.2, 0.25) is 11.8 Å². The Bertz CT molecular complexity index is 588. The molecule has 0 spiro atoms. The largest absolute Gasteiger partial charge is 0.467 e. The molecular formula is C18H28N2O8S2. The van der Waals surface area contributed by atoms with E-state index in [1.165, 1.54) is 14.2 Å². The maximum Gasteiger partial charge on any atom is 0.329 e. The zero-order valence-electron chi connectivity index (χ0n) is 17.5. The van der Waals surface area contributed by atoms with E-state index >= 15 is 0 Å². The van der Waals surface area contributed by atoms with Gasteiger partial charge in [0.05, 0.1) is 14.2 Å². The molecule has 0 aromatic rings. The molecule has 0 bridgehead atoms. The Kier molecular flexibility index (Phi) is 14.6. The second kappa shape index (κ2) is 15.7.